The molecule has 0 N–H and O–H groups in total. The van der Waals surface area contributed by atoms with Gasteiger partial charge in [0, 0.05) is 31.5 Å². The molecule has 3 heterocycles. The van der Waals surface area contributed by atoms with Crippen LogP contribution in [0.25, 0.3) is 0 Å². The fourth-order valence-electron chi connectivity index (χ4n) is 2.66. The summed E-state index contributed by atoms with van der Waals surface area (Å²) in [5.41, 5.74) is 2.34. The van der Waals surface area contributed by atoms with Crippen LogP contribution in [0.5, 0.6) is 0 Å². The Morgan fingerprint density at radius 1 is 1.29 bits per heavy atom. The standard InChI is InChI=1S/C18H20N6O2S2/c1-10(2)17(25)26-13-5-7-24(8-6-13)18-20-12(4)15(27-18)21-22-16-14(9-19)11(3)23-28-16/h13H,1,5-8H2,2-4H3/b22-21+. The predicted octanol–water partition coefficient (Wildman–Crippen LogP) is 4.59. The molecule has 10 heteroatoms. The molecule has 0 atom stereocenters. The summed E-state index contributed by atoms with van der Waals surface area (Å²) in [6, 6.07) is 2.11. The molecular formula is C18H20N6O2S2. The first-order chi connectivity index (χ1) is 13.4. The van der Waals surface area contributed by atoms with Gasteiger partial charge in [-0.05, 0) is 32.3 Å². The first kappa shape index (κ1) is 20.1. The lowest BCUT2D eigenvalue weighted by Crippen LogP contribution is -2.37. The number of nitriles is 1. The van der Waals surface area contributed by atoms with E-state index >= 15 is 0 Å². The molecular weight excluding hydrogens is 396 g/mol. The summed E-state index contributed by atoms with van der Waals surface area (Å²) < 4.78 is 9.57. The maximum absolute atomic E-state index is 11.7. The quantitative estimate of drug-likeness (QED) is 0.401. The summed E-state index contributed by atoms with van der Waals surface area (Å²) in [6.07, 6.45) is 1.42. The van der Waals surface area contributed by atoms with Crippen LogP contribution in [0, 0.1) is 25.2 Å². The fourth-order valence-corrected chi connectivity index (χ4v) is 4.28. The van der Waals surface area contributed by atoms with E-state index in [1.165, 1.54) is 11.3 Å². The van der Waals surface area contributed by atoms with Crippen molar-refractivity contribution in [1.29, 1.82) is 5.26 Å². The largest absolute Gasteiger partial charge is 0.459 e. The number of piperidine rings is 1. The van der Waals surface area contributed by atoms with Crippen molar-refractivity contribution in [3.8, 4) is 6.07 Å². The predicted molar refractivity (Wildman–Crippen MR) is 109 cm³/mol. The summed E-state index contributed by atoms with van der Waals surface area (Å²) in [4.78, 5) is 18.4. The SMILES string of the molecule is C=C(C)C(=O)OC1CCN(c2nc(C)c(/N=N/c3snc(C)c3C#N)s2)CC1. The van der Waals surface area contributed by atoms with E-state index in [-0.39, 0.29) is 12.1 Å². The Bertz CT molecular complexity index is 963. The summed E-state index contributed by atoms with van der Waals surface area (Å²) in [7, 11) is 0. The Morgan fingerprint density at radius 3 is 2.61 bits per heavy atom. The number of nitrogens with zero attached hydrogens (tertiary/aromatic N) is 6. The van der Waals surface area contributed by atoms with Gasteiger partial charge in [0.2, 0.25) is 0 Å². The van der Waals surface area contributed by atoms with Crippen LogP contribution in [0.2, 0.25) is 0 Å². The second kappa shape index (κ2) is 8.58. The molecule has 1 aliphatic rings. The molecule has 1 aliphatic heterocycles. The molecule has 0 spiro atoms. The van der Waals surface area contributed by atoms with Crippen LogP contribution in [0.3, 0.4) is 0 Å². The lowest BCUT2D eigenvalue weighted by atomic mass is 10.1. The van der Waals surface area contributed by atoms with Gasteiger partial charge in [0.15, 0.2) is 15.1 Å². The third kappa shape index (κ3) is 4.43. The van der Waals surface area contributed by atoms with Gasteiger partial charge in [-0.2, -0.15) is 9.64 Å². The maximum Gasteiger partial charge on any atom is 0.333 e. The van der Waals surface area contributed by atoms with E-state index in [9.17, 15) is 10.1 Å². The van der Waals surface area contributed by atoms with E-state index in [1.807, 2.05) is 6.92 Å². The third-order valence-electron chi connectivity index (χ3n) is 4.28. The second-order valence-electron chi connectivity index (χ2n) is 6.52. The van der Waals surface area contributed by atoms with Crippen LogP contribution in [-0.4, -0.2) is 34.5 Å². The van der Waals surface area contributed by atoms with Crippen LogP contribution in [0.4, 0.5) is 15.1 Å². The molecule has 0 amide bonds. The van der Waals surface area contributed by atoms with E-state index < -0.39 is 0 Å². The Morgan fingerprint density at radius 2 is 1.96 bits per heavy atom. The summed E-state index contributed by atoms with van der Waals surface area (Å²) >= 11 is 2.62. The van der Waals surface area contributed by atoms with Gasteiger partial charge in [-0.1, -0.05) is 17.9 Å². The van der Waals surface area contributed by atoms with Gasteiger partial charge in [-0.3, -0.25) is 0 Å². The Hall–Kier alpha value is -2.64. The van der Waals surface area contributed by atoms with E-state index in [1.54, 1.807) is 13.8 Å². The normalized spacial score (nSPS) is 15.0. The van der Waals surface area contributed by atoms with Gasteiger partial charge in [-0.15, -0.1) is 10.2 Å². The number of anilines is 1. The van der Waals surface area contributed by atoms with Crippen LogP contribution in [0.15, 0.2) is 22.4 Å². The zero-order valence-electron chi connectivity index (χ0n) is 15.9. The molecule has 8 nitrogen and oxygen atoms in total. The Labute approximate surface area is 171 Å². The molecule has 0 aliphatic carbocycles. The molecule has 146 valence electrons. The summed E-state index contributed by atoms with van der Waals surface area (Å²) in [5.74, 6) is -0.332. The van der Waals surface area contributed by atoms with Gasteiger partial charge in [0.05, 0.1) is 11.4 Å². The van der Waals surface area contributed by atoms with Gasteiger partial charge >= 0.3 is 5.97 Å². The van der Waals surface area contributed by atoms with Crippen LogP contribution < -0.4 is 4.90 Å². The number of carbonyl (C=O) groups is 1. The minimum Gasteiger partial charge on any atom is -0.459 e. The smallest absolute Gasteiger partial charge is 0.333 e. The monoisotopic (exact) mass is 416 g/mol. The van der Waals surface area contributed by atoms with Crippen LogP contribution in [0.1, 0.15) is 36.7 Å². The van der Waals surface area contributed by atoms with Crippen molar-refractivity contribution in [2.45, 2.75) is 39.7 Å². The minimum absolute atomic E-state index is 0.0837. The molecule has 0 unspecified atom stereocenters. The molecule has 0 bridgehead atoms. The van der Waals surface area contributed by atoms with E-state index in [4.69, 9.17) is 4.74 Å². The molecule has 2 aromatic heterocycles. The fraction of sp³-hybridized carbons (Fsp3) is 0.444. The number of azo groups is 1. The van der Waals surface area contributed by atoms with E-state index in [0.29, 0.717) is 26.8 Å². The van der Waals surface area contributed by atoms with Crippen LogP contribution >= 0.6 is 22.9 Å². The lowest BCUT2D eigenvalue weighted by Gasteiger charge is -2.31. The van der Waals surface area contributed by atoms with Crippen molar-refractivity contribution in [3.05, 3.63) is 29.1 Å². The number of hydrogen-bond donors (Lipinski definition) is 0. The number of aryl methyl sites for hydroxylation is 2. The van der Waals surface area contributed by atoms with Crippen molar-refractivity contribution in [2.75, 3.05) is 18.0 Å². The minimum atomic E-state index is -0.332. The molecule has 1 fully saturated rings. The Balaban J connectivity index is 1.65. The number of thiazole rings is 1. The van der Waals surface area contributed by atoms with E-state index in [2.05, 4.69) is 37.1 Å². The highest BCUT2D eigenvalue weighted by Gasteiger charge is 2.25. The van der Waals surface area contributed by atoms with Gasteiger partial charge in [-0.25, -0.2) is 9.78 Å². The highest BCUT2D eigenvalue weighted by Crippen LogP contribution is 2.36. The number of aromatic nitrogens is 2. The lowest BCUT2D eigenvalue weighted by molar-refractivity contribution is -0.145. The van der Waals surface area contributed by atoms with Crippen molar-refractivity contribution < 1.29 is 9.53 Å². The molecule has 0 radical (unpaired) electrons. The first-order valence-corrected chi connectivity index (χ1v) is 10.3. The van der Waals surface area contributed by atoms with Crippen molar-refractivity contribution >= 4 is 44.0 Å². The third-order valence-corrected chi connectivity index (χ3v) is 6.21. The number of hydrogen-bond acceptors (Lipinski definition) is 10. The highest BCUT2D eigenvalue weighted by atomic mass is 32.1. The van der Waals surface area contributed by atoms with Crippen molar-refractivity contribution in [1.82, 2.24) is 9.36 Å². The molecule has 3 rings (SSSR count). The summed E-state index contributed by atoms with van der Waals surface area (Å²) in [6.45, 7) is 10.4. The zero-order valence-corrected chi connectivity index (χ0v) is 17.6. The van der Waals surface area contributed by atoms with Gasteiger partial charge in [0.1, 0.15) is 17.7 Å². The molecule has 1 saturated heterocycles. The average molecular weight is 417 g/mol. The molecule has 0 saturated carbocycles. The van der Waals surface area contributed by atoms with E-state index in [0.717, 1.165) is 48.3 Å². The highest BCUT2D eigenvalue weighted by molar-refractivity contribution is 7.19. The average Bonchev–Trinajstić information content (AvgIpc) is 3.22. The van der Waals surface area contributed by atoms with Gasteiger partial charge in [0.25, 0.3) is 0 Å². The maximum atomic E-state index is 11.7. The number of esters is 1. The zero-order chi connectivity index (χ0) is 20.3. The topological polar surface area (TPSA) is 104 Å². The second-order valence-corrected chi connectivity index (χ2v) is 8.23. The van der Waals surface area contributed by atoms with Crippen LogP contribution in [-0.2, 0) is 9.53 Å². The molecule has 28 heavy (non-hydrogen) atoms. The number of rotatable bonds is 5. The van der Waals surface area contributed by atoms with Gasteiger partial charge < -0.3 is 9.64 Å². The van der Waals surface area contributed by atoms with Crippen molar-refractivity contribution in [3.63, 3.8) is 0 Å². The number of carbonyl (C=O) groups excluding carboxylic acids is 1. The molecule has 0 aromatic carbocycles. The van der Waals surface area contributed by atoms with Crippen molar-refractivity contribution in [2.24, 2.45) is 10.2 Å². The summed E-state index contributed by atoms with van der Waals surface area (Å²) in [5, 5.41) is 19.7. The first-order valence-electron chi connectivity index (χ1n) is 8.76. The molecule has 2 aromatic rings. The number of ether oxygens (including phenoxy) is 1. The Kier molecular flexibility index (Phi) is 6.16.